The third-order valence-electron chi connectivity index (χ3n) is 3.17. The zero-order valence-electron chi connectivity index (χ0n) is 11.7. The summed E-state index contributed by atoms with van der Waals surface area (Å²) < 4.78 is 1.85. The van der Waals surface area contributed by atoms with Crippen LogP contribution in [-0.4, -0.2) is 21.8 Å². The van der Waals surface area contributed by atoms with E-state index in [1.165, 1.54) is 11.0 Å². The van der Waals surface area contributed by atoms with E-state index in [2.05, 4.69) is 16.4 Å². The molecule has 0 radical (unpaired) electrons. The van der Waals surface area contributed by atoms with Gasteiger partial charge in [-0.15, -0.1) is 11.3 Å². The van der Waals surface area contributed by atoms with Gasteiger partial charge in [-0.2, -0.15) is 0 Å². The molecule has 4 nitrogen and oxygen atoms in total. The minimum absolute atomic E-state index is 0.140. The minimum Gasteiger partial charge on any atom is -0.352 e. The van der Waals surface area contributed by atoms with Gasteiger partial charge < -0.3 is 5.32 Å². The number of carbonyl (C=O) groups excluding carboxylic acids is 1. The lowest BCUT2D eigenvalue weighted by atomic mass is 10.3. The fourth-order valence-corrected chi connectivity index (χ4v) is 3.06. The van der Waals surface area contributed by atoms with Gasteiger partial charge in [-0.05, 0) is 36.1 Å². The molecule has 0 aromatic carbocycles. The van der Waals surface area contributed by atoms with Gasteiger partial charge in [0.1, 0.15) is 5.65 Å². The van der Waals surface area contributed by atoms with Gasteiger partial charge in [-0.3, -0.25) is 9.20 Å². The average molecular weight is 332 g/mol. The Labute approximate surface area is 137 Å². The third kappa shape index (κ3) is 3.37. The predicted molar refractivity (Wildman–Crippen MR) is 90.3 cm³/mol. The van der Waals surface area contributed by atoms with Crippen LogP contribution in [0.5, 0.6) is 0 Å². The zero-order valence-corrected chi connectivity index (χ0v) is 13.3. The second kappa shape index (κ2) is 6.77. The summed E-state index contributed by atoms with van der Waals surface area (Å²) in [6, 6.07) is 9.72. The number of rotatable bonds is 5. The number of nitrogens with zero attached hydrogens (tertiary/aromatic N) is 2. The van der Waals surface area contributed by atoms with E-state index in [-0.39, 0.29) is 5.91 Å². The topological polar surface area (TPSA) is 46.4 Å². The molecule has 0 unspecified atom stereocenters. The highest BCUT2D eigenvalue weighted by Crippen LogP contribution is 2.18. The maximum Gasteiger partial charge on any atom is 0.244 e. The lowest BCUT2D eigenvalue weighted by molar-refractivity contribution is -0.116. The summed E-state index contributed by atoms with van der Waals surface area (Å²) in [6.45, 7) is 0.616. The van der Waals surface area contributed by atoms with Gasteiger partial charge in [0.15, 0.2) is 5.15 Å². The van der Waals surface area contributed by atoms with Crippen LogP contribution in [0.2, 0.25) is 5.15 Å². The summed E-state index contributed by atoms with van der Waals surface area (Å²) in [5, 5.41) is 5.27. The highest BCUT2D eigenvalue weighted by atomic mass is 35.5. The number of fused-ring (bicyclic) bond motifs is 1. The van der Waals surface area contributed by atoms with Crippen molar-refractivity contribution < 1.29 is 4.79 Å². The molecule has 0 aliphatic heterocycles. The summed E-state index contributed by atoms with van der Waals surface area (Å²) in [7, 11) is 0. The Bertz CT molecular complexity index is 808. The molecule has 0 saturated carbocycles. The molecule has 3 heterocycles. The number of halogens is 1. The largest absolute Gasteiger partial charge is 0.352 e. The van der Waals surface area contributed by atoms with Crippen molar-refractivity contribution in [2.24, 2.45) is 0 Å². The van der Waals surface area contributed by atoms with Crippen LogP contribution in [0.25, 0.3) is 11.7 Å². The summed E-state index contributed by atoms with van der Waals surface area (Å²) in [6.07, 6.45) is 5.87. The van der Waals surface area contributed by atoms with Crippen LogP contribution in [0.3, 0.4) is 0 Å². The lowest BCUT2D eigenvalue weighted by Crippen LogP contribution is -2.23. The maximum absolute atomic E-state index is 11.8. The molecule has 0 fully saturated rings. The molecule has 3 rings (SSSR count). The van der Waals surface area contributed by atoms with E-state index in [9.17, 15) is 4.79 Å². The standard InChI is InChI=1S/C16H14ClN3OS/c17-16-13(20-10-2-1-5-14(20)19-16)6-7-15(21)18-9-8-12-4-3-11-22-12/h1-7,10-11H,8-9H2,(H,18,21)/b7-6+. The van der Waals surface area contributed by atoms with E-state index in [1.54, 1.807) is 17.4 Å². The number of nitrogens with one attached hydrogen (secondary N) is 1. The SMILES string of the molecule is O=C(/C=C/c1c(Cl)nc2ccccn12)NCCc1cccs1. The van der Waals surface area contributed by atoms with Gasteiger partial charge in [0.25, 0.3) is 0 Å². The molecule has 22 heavy (non-hydrogen) atoms. The number of pyridine rings is 1. The van der Waals surface area contributed by atoms with Crippen molar-refractivity contribution in [3.05, 3.63) is 63.7 Å². The summed E-state index contributed by atoms with van der Waals surface area (Å²) in [5.74, 6) is -0.140. The highest BCUT2D eigenvalue weighted by molar-refractivity contribution is 7.09. The molecule has 1 N–H and O–H groups in total. The number of hydrogen-bond acceptors (Lipinski definition) is 3. The van der Waals surface area contributed by atoms with Gasteiger partial charge in [-0.25, -0.2) is 4.98 Å². The van der Waals surface area contributed by atoms with E-state index in [1.807, 2.05) is 40.2 Å². The highest BCUT2D eigenvalue weighted by Gasteiger charge is 2.07. The lowest BCUT2D eigenvalue weighted by Gasteiger charge is -2.00. The molecule has 3 aromatic rings. The summed E-state index contributed by atoms with van der Waals surface area (Å²) >= 11 is 7.80. The van der Waals surface area contributed by atoms with Crippen LogP contribution < -0.4 is 5.32 Å². The molecule has 1 amide bonds. The van der Waals surface area contributed by atoms with Crippen molar-refractivity contribution in [3.8, 4) is 0 Å². The Kier molecular flexibility index (Phi) is 4.56. The minimum atomic E-state index is -0.140. The summed E-state index contributed by atoms with van der Waals surface area (Å²) in [5.41, 5.74) is 1.45. The Hall–Kier alpha value is -2.11. The fourth-order valence-electron chi connectivity index (χ4n) is 2.11. The van der Waals surface area contributed by atoms with Crippen LogP contribution in [0.15, 0.2) is 48.0 Å². The number of aromatic nitrogens is 2. The fraction of sp³-hybridized carbons (Fsp3) is 0.125. The normalized spacial score (nSPS) is 11.3. The number of hydrogen-bond donors (Lipinski definition) is 1. The smallest absolute Gasteiger partial charge is 0.244 e. The van der Waals surface area contributed by atoms with E-state index in [0.29, 0.717) is 17.4 Å². The zero-order chi connectivity index (χ0) is 15.4. The molecule has 112 valence electrons. The second-order valence-electron chi connectivity index (χ2n) is 4.67. The van der Waals surface area contributed by atoms with Crippen LogP contribution in [0, 0.1) is 0 Å². The molecule has 0 aliphatic carbocycles. The molecule has 0 aliphatic rings. The van der Waals surface area contributed by atoms with Crippen molar-refractivity contribution in [2.45, 2.75) is 6.42 Å². The first kappa shape index (κ1) is 14.8. The summed E-state index contributed by atoms with van der Waals surface area (Å²) in [4.78, 5) is 17.3. The molecule has 0 bridgehead atoms. The number of carbonyl (C=O) groups is 1. The van der Waals surface area contributed by atoms with Crippen LogP contribution >= 0.6 is 22.9 Å². The van der Waals surface area contributed by atoms with E-state index < -0.39 is 0 Å². The molecule has 6 heteroatoms. The first-order valence-corrected chi connectivity index (χ1v) is 8.10. The van der Waals surface area contributed by atoms with Crippen molar-refractivity contribution in [1.29, 1.82) is 0 Å². The number of imidazole rings is 1. The van der Waals surface area contributed by atoms with Crippen molar-refractivity contribution in [2.75, 3.05) is 6.54 Å². The molecule has 0 saturated heterocycles. The van der Waals surface area contributed by atoms with E-state index >= 15 is 0 Å². The Balaban J connectivity index is 1.62. The molecular formula is C16H14ClN3OS. The Morgan fingerprint density at radius 2 is 2.27 bits per heavy atom. The van der Waals surface area contributed by atoms with E-state index in [0.717, 1.165) is 12.1 Å². The Morgan fingerprint density at radius 3 is 3.09 bits per heavy atom. The first-order chi connectivity index (χ1) is 10.7. The van der Waals surface area contributed by atoms with Gasteiger partial charge in [0.2, 0.25) is 5.91 Å². The third-order valence-corrected chi connectivity index (χ3v) is 4.38. The predicted octanol–water partition coefficient (Wildman–Crippen LogP) is 3.42. The van der Waals surface area contributed by atoms with Crippen LogP contribution in [0.4, 0.5) is 0 Å². The maximum atomic E-state index is 11.8. The number of amides is 1. The van der Waals surface area contributed by atoms with Crippen LogP contribution in [0.1, 0.15) is 10.6 Å². The van der Waals surface area contributed by atoms with Gasteiger partial charge in [0.05, 0.1) is 5.69 Å². The Morgan fingerprint density at radius 1 is 1.36 bits per heavy atom. The molecule has 0 spiro atoms. The quantitative estimate of drug-likeness (QED) is 0.728. The van der Waals surface area contributed by atoms with Crippen molar-refractivity contribution in [3.63, 3.8) is 0 Å². The van der Waals surface area contributed by atoms with Crippen molar-refractivity contribution in [1.82, 2.24) is 14.7 Å². The average Bonchev–Trinajstić information content (AvgIpc) is 3.12. The van der Waals surface area contributed by atoms with E-state index in [4.69, 9.17) is 11.6 Å². The van der Waals surface area contributed by atoms with Gasteiger partial charge in [-0.1, -0.05) is 23.7 Å². The monoisotopic (exact) mass is 331 g/mol. The molecular weight excluding hydrogens is 318 g/mol. The van der Waals surface area contributed by atoms with Crippen LogP contribution in [-0.2, 0) is 11.2 Å². The second-order valence-corrected chi connectivity index (χ2v) is 6.06. The van der Waals surface area contributed by atoms with Gasteiger partial charge >= 0.3 is 0 Å². The first-order valence-electron chi connectivity index (χ1n) is 6.85. The number of thiophene rings is 1. The van der Waals surface area contributed by atoms with Gasteiger partial charge in [0, 0.05) is 23.7 Å². The van der Waals surface area contributed by atoms with Crippen molar-refractivity contribution >= 4 is 40.6 Å². The molecule has 0 atom stereocenters. The molecule has 3 aromatic heterocycles.